The minimum absolute atomic E-state index is 0.0147. The highest BCUT2D eigenvalue weighted by molar-refractivity contribution is 6.31. The number of rotatable bonds is 5. The summed E-state index contributed by atoms with van der Waals surface area (Å²) < 4.78 is 23.8. The fraction of sp³-hybridized carbons (Fsp3) is 0.362. The van der Waals surface area contributed by atoms with Gasteiger partial charge in [0, 0.05) is 58.5 Å². The van der Waals surface area contributed by atoms with E-state index in [4.69, 9.17) is 29.7 Å². The van der Waals surface area contributed by atoms with Crippen LogP contribution in [0.25, 0.3) is 22.3 Å². The molecule has 5 aliphatic rings. The molecule has 0 radical (unpaired) electrons. The fourth-order valence-corrected chi connectivity index (χ4v) is 9.58. The van der Waals surface area contributed by atoms with Crippen LogP contribution in [-0.4, -0.2) is 95.7 Å². The third-order valence-corrected chi connectivity index (χ3v) is 13.2. The van der Waals surface area contributed by atoms with Gasteiger partial charge in [-0.1, -0.05) is 37.3 Å². The minimum atomic E-state index is -2.00. The number of pyridine rings is 2. The first-order chi connectivity index (χ1) is 30.4. The predicted molar refractivity (Wildman–Crippen MR) is 225 cm³/mol. The van der Waals surface area contributed by atoms with Gasteiger partial charge in [-0.15, -0.1) is 0 Å². The summed E-state index contributed by atoms with van der Waals surface area (Å²) in [6.45, 7) is 4.80. The first kappa shape index (κ1) is 42.9. The molecule has 0 unspecified atom stereocenters. The lowest BCUT2D eigenvalue weighted by Gasteiger charge is -2.42. The van der Waals surface area contributed by atoms with Gasteiger partial charge < -0.3 is 54.8 Å². The Morgan fingerprint density at radius 2 is 1.72 bits per heavy atom. The second-order valence-corrected chi connectivity index (χ2v) is 16.9. The van der Waals surface area contributed by atoms with Crippen LogP contribution < -0.4 is 16.0 Å². The third kappa shape index (κ3) is 6.44. The lowest BCUT2D eigenvalue weighted by molar-refractivity contribution is -0.247. The minimum Gasteiger partial charge on any atom is -0.507 e. The molecule has 0 amide bonds. The summed E-state index contributed by atoms with van der Waals surface area (Å²) in [5.41, 5.74) is 4.79. The van der Waals surface area contributed by atoms with Gasteiger partial charge in [-0.2, -0.15) is 0 Å². The molecule has 5 aromatic rings. The maximum atomic E-state index is 13.6. The molecule has 5 heterocycles. The molecule has 332 valence electrons. The smallest absolute Gasteiger partial charge is 0.343 e. The number of aromatic nitrogens is 2. The molecule has 2 aromatic heterocycles. The van der Waals surface area contributed by atoms with Crippen LogP contribution in [0.3, 0.4) is 0 Å². The molecule has 0 spiro atoms. The van der Waals surface area contributed by atoms with E-state index in [-0.39, 0.29) is 59.4 Å². The van der Waals surface area contributed by atoms with Crippen molar-refractivity contribution in [3.8, 4) is 28.6 Å². The van der Waals surface area contributed by atoms with E-state index in [2.05, 4.69) is 0 Å². The SMILES string of the molecule is CC[C@@]1(O)C(=O)OCc2c1cc1n(c2=O)Cc2cc3ccccc3nc2-1.COc1cccc2c1C(=O)c1c(O)c3c(c(O)c1C2=O)C[C@@](O)(C(C)=O)C[C@@H]3O[C@H]1C[C@H](N)[C@H](O)[C@H](C)O1. The average Bonchev–Trinajstić information content (AvgIpc) is 3.63. The summed E-state index contributed by atoms with van der Waals surface area (Å²) in [5, 5.41) is 56.0. The molecule has 64 heavy (non-hydrogen) atoms. The Kier molecular flexibility index (Phi) is 10.4. The van der Waals surface area contributed by atoms with Crippen molar-refractivity contribution in [3.05, 3.63) is 115 Å². The summed E-state index contributed by atoms with van der Waals surface area (Å²) in [7, 11) is 1.34. The number of carbonyl (C=O) groups excluding carboxylic acids is 4. The van der Waals surface area contributed by atoms with E-state index in [0.717, 1.165) is 22.2 Å². The molecule has 0 bridgehead atoms. The molecule has 3 aromatic carbocycles. The van der Waals surface area contributed by atoms with Crippen LogP contribution in [0.2, 0.25) is 0 Å². The number of esters is 1. The van der Waals surface area contributed by atoms with Gasteiger partial charge in [0.1, 0.15) is 29.5 Å². The van der Waals surface area contributed by atoms with Crippen molar-refractivity contribution >= 4 is 34.2 Å². The lowest BCUT2D eigenvalue weighted by atomic mass is 9.72. The molecular formula is C47H45N3O14. The number of nitrogens with two attached hydrogens (primary N) is 1. The number of carbonyl (C=O) groups is 4. The number of phenolic OH excluding ortho intramolecular Hbond substituents is 2. The molecule has 17 heteroatoms. The van der Waals surface area contributed by atoms with Gasteiger partial charge in [-0.3, -0.25) is 19.2 Å². The number of hydrogen-bond donors (Lipinski definition) is 6. The normalized spacial score (nSPS) is 26.3. The van der Waals surface area contributed by atoms with Crippen LogP contribution in [0.15, 0.2) is 59.4 Å². The second kappa shape index (κ2) is 15.4. The van der Waals surface area contributed by atoms with Crippen molar-refractivity contribution in [3.63, 3.8) is 0 Å². The predicted octanol–water partition coefficient (Wildman–Crippen LogP) is 3.11. The Labute approximate surface area is 364 Å². The fourth-order valence-electron chi connectivity index (χ4n) is 9.58. The molecule has 1 fully saturated rings. The second-order valence-electron chi connectivity index (χ2n) is 16.9. The number of aromatic hydroxyl groups is 2. The highest BCUT2D eigenvalue weighted by Gasteiger charge is 2.50. The number of aliphatic hydroxyl groups excluding tert-OH is 1. The standard InChI is InChI=1S/C27H29NO10.C20H16N2O4/c1-10-22(30)14(28)7-17(37-10)38-16-9-27(35,11(2)29)8-13-19(16)26(34)21-20(24(13)32)23(31)12-5-4-6-15(36-3)18(12)25(21)33;1-2-20(25)14-8-16-17-12(7-11-5-3-4-6-15(11)21-17)9-22(16)18(23)13(14)10-26-19(20)24/h4-6,10,14,16-17,22,30,32,34-35H,7-9,28H2,1-3H3;3-8,25H,2,9-10H2,1H3/t10-,14-,16-,17-,22+,27-;20-/m00/s1. The number of hydrogen-bond acceptors (Lipinski definition) is 16. The monoisotopic (exact) mass is 875 g/mol. The number of Topliss-reactive ketones (excluding diaryl/α,β-unsaturated/α-hetero) is 1. The van der Waals surface area contributed by atoms with Gasteiger partial charge in [0.05, 0.1) is 71.1 Å². The van der Waals surface area contributed by atoms with Gasteiger partial charge in [0.25, 0.3) is 5.56 Å². The number of fused-ring (bicyclic) bond motifs is 8. The quantitative estimate of drug-likeness (QED) is 0.107. The maximum Gasteiger partial charge on any atom is 0.343 e. The van der Waals surface area contributed by atoms with Crippen molar-refractivity contribution in [1.29, 1.82) is 0 Å². The van der Waals surface area contributed by atoms with E-state index < -0.39 is 94.2 Å². The van der Waals surface area contributed by atoms with Crippen LogP contribution >= 0.6 is 0 Å². The molecule has 3 aliphatic heterocycles. The number of benzene rings is 3. The van der Waals surface area contributed by atoms with E-state index in [1.54, 1.807) is 24.5 Å². The van der Waals surface area contributed by atoms with Crippen molar-refractivity contribution in [2.24, 2.45) is 5.73 Å². The molecule has 2 aliphatic carbocycles. The molecule has 1 saturated heterocycles. The number of cyclic esters (lactones) is 1. The van der Waals surface area contributed by atoms with Gasteiger partial charge in [0.2, 0.25) is 5.78 Å². The number of para-hydroxylation sites is 1. The molecule has 10 rings (SSSR count). The van der Waals surface area contributed by atoms with Crippen molar-refractivity contribution in [2.45, 2.75) is 101 Å². The van der Waals surface area contributed by atoms with E-state index >= 15 is 0 Å². The average molecular weight is 876 g/mol. The Morgan fingerprint density at radius 1 is 0.984 bits per heavy atom. The number of ether oxygens (including phenoxy) is 4. The van der Waals surface area contributed by atoms with Gasteiger partial charge in [-0.05, 0) is 44.5 Å². The number of methoxy groups -OCH3 is 1. The molecular weight excluding hydrogens is 831 g/mol. The Balaban J connectivity index is 0.000000173. The highest BCUT2D eigenvalue weighted by Crippen LogP contribution is 2.52. The van der Waals surface area contributed by atoms with Gasteiger partial charge in [-0.25, -0.2) is 9.78 Å². The first-order valence-electron chi connectivity index (χ1n) is 20.8. The number of phenols is 2. The summed E-state index contributed by atoms with van der Waals surface area (Å²) >= 11 is 0. The molecule has 7 atom stereocenters. The first-order valence-corrected chi connectivity index (χ1v) is 20.8. The van der Waals surface area contributed by atoms with Gasteiger partial charge >= 0.3 is 5.97 Å². The zero-order valence-electron chi connectivity index (χ0n) is 35.2. The molecule has 7 N–H and O–H groups in total. The van der Waals surface area contributed by atoms with Crippen LogP contribution in [0.1, 0.15) is 106 Å². The zero-order chi connectivity index (χ0) is 45.7. The van der Waals surface area contributed by atoms with Crippen LogP contribution in [0.5, 0.6) is 17.2 Å². The van der Waals surface area contributed by atoms with E-state index in [9.17, 15) is 49.5 Å². The molecule has 17 nitrogen and oxygen atoms in total. The summed E-state index contributed by atoms with van der Waals surface area (Å²) in [6, 6.07) is 15.3. The summed E-state index contributed by atoms with van der Waals surface area (Å²) in [4.78, 5) is 69.5. The lowest BCUT2D eigenvalue weighted by Crippen LogP contribution is -2.52. The Hall–Kier alpha value is -6.34. The number of ketones is 3. The number of nitrogens with zero attached hydrogens (tertiary/aromatic N) is 2. The van der Waals surface area contributed by atoms with Crippen molar-refractivity contribution in [1.82, 2.24) is 9.55 Å². The zero-order valence-corrected chi connectivity index (χ0v) is 35.2. The summed E-state index contributed by atoms with van der Waals surface area (Å²) in [6.07, 6.45) is -4.39. The summed E-state index contributed by atoms with van der Waals surface area (Å²) in [5.74, 6) is -3.88. The van der Waals surface area contributed by atoms with Crippen molar-refractivity contribution in [2.75, 3.05) is 7.11 Å². The van der Waals surface area contributed by atoms with Gasteiger partial charge in [0.15, 0.2) is 23.5 Å². The topological polar surface area (TPSA) is 267 Å². The van der Waals surface area contributed by atoms with E-state index in [1.165, 1.54) is 32.2 Å². The van der Waals surface area contributed by atoms with Crippen LogP contribution in [0.4, 0.5) is 0 Å². The highest BCUT2D eigenvalue weighted by atomic mass is 16.7. The maximum absolute atomic E-state index is 13.6. The van der Waals surface area contributed by atoms with Crippen LogP contribution in [-0.2, 0) is 49.0 Å². The molecule has 0 saturated carbocycles. The van der Waals surface area contributed by atoms with E-state index in [1.807, 2.05) is 30.3 Å². The van der Waals surface area contributed by atoms with E-state index in [0.29, 0.717) is 23.4 Å². The number of aliphatic hydroxyl groups is 3. The largest absolute Gasteiger partial charge is 0.507 e. The van der Waals surface area contributed by atoms with Crippen molar-refractivity contribution < 1.29 is 63.7 Å². The van der Waals surface area contributed by atoms with Crippen LogP contribution in [0, 0.1) is 0 Å². The third-order valence-electron chi connectivity index (χ3n) is 13.2. The Morgan fingerprint density at radius 3 is 2.42 bits per heavy atom. The Bertz CT molecular complexity index is 2910.